The number of rotatable bonds is 3. The van der Waals surface area contributed by atoms with Crippen LogP contribution in [0.4, 0.5) is 5.69 Å². The number of anilines is 1. The highest BCUT2D eigenvalue weighted by atomic mass is 32.2. The fraction of sp³-hybridized carbons (Fsp3) is 0.458. The molecular formula is C24H28N2O3S. The summed E-state index contributed by atoms with van der Waals surface area (Å²) in [6, 6.07) is 14.8. The summed E-state index contributed by atoms with van der Waals surface area (Å²) in [5.41, 5.74) is 2.27. The van der Waals surface area contributed by atoms with Crippen molar-refractivity contribution in [3.8, 4) is 11.5 Å². The molecule has 3 heterocycles. The molecule has 1 fully saturated rings. The number of thioether (sulfide) groups is 1. The summed E-state index contributed by atoms with van der Waals surface area (Å²) in [7, 11) is 0. The van der Waals surface area contributed by atoms with E-state index in [4.69, 9.17) is 9.47 Å². The van der Waals surface area contributed by atoms with Crippen LogP contribution in [-0.2, 0) is 4.79 Å². The minimum absolute atomic E-state index is 0.196. The van der Waals surface area contributed by atoms with Gasteiger partial charge in [0, 0.05) is 22.7 Å². The van der Waals surface area contributed by atoms with Crippen molar-refractivity contribution < 1.29 is 14.3 Å². The topological polar surface area (TPSA) is 42.0 Å². The van der Waals surface area contributed by atoms with Crippen LogP contribution in [0.2, 0.25) is 0 Å². The molecule has 1 saturated heterocycles. The number of likely N-dealkylation sites (tertiary alicyclic amines) is 1. The molecule has 0 aliphatic carbocycles. The third-order valence-corrected chi connectivity index (χ3v) is 7.43. The molecular weight excluding hydrogens is 396 g/mol. The standard InChI is InChI=1S/C24H28N2O3S/c1-17-10-12-26(20-5-2-3-7-23(20)30-17)24(27)16-25-11-4-6-19(25)18-8-9-21-22(15-18)29-14-13-28-21/h2-3,5,7-9,15,17,19H,4,6,10-14,16H2,1H3. The summed E-state index contributed by atoms with van der Waals surface area (Å²) in [4.78, 5) is 19.0. The molecule has 1 amide bonds. The van der Waals surface area contributed by atoms with Gasteiger partial charge in [-0.3, -0.25) is 9.69 Å². The predicted molar refractivity (Wildman–Crippen MR) is 120 cm³/mol. The highest BCUT2D eigenvalue weighted by molar-refractivity contribution is 8.00. The number of nitrogens with zero attached hydrogens (tertiary/aromatic N) is 2. The largest absolute Gasteiger partial charge is 0.486 e. The molecule has 158 valence electrons. The Hall–Kier alpha value is -2.18. The summed E-state index contributed by atoms with van der Waals surface area (Å²) >= 11 is 1.87. The van der Waals surface area contributed by atoms with E-state index >= 15 is 0 Å². The normalized spacial score (nSPS) is 23.7. The molecule has 3 aliphatic heterocycles. The average Bonchev–Trinajstić information content (AvgIpc) is 3.15. The molecule has 0 aromatic heterocycles. The fourth-order valence-corrected chi connectivity index (χ4v) is 5.78. The third kappa shape index (κ3) is 3.91. The molecule has 30 heavy (non-hydrogen) atoms. The smallest absolute Gasteiger partial charge is 0.241 e. The summed E-state index contributed by atoms with van der Waals surface area (Å²) in [5.74, 6) is 1.84. The summed E-state index contributed by atoms with van der Waals surface area (Å²) in [5, 5.41) is 0.515. The van der Waals surface area contributed by atoms with E-state index in [1.54, 1.807) is 0 Å². The SMILES string of the molecule is CC1CCN(C(=O)CN2CCCC2c2ccc3c(c2)OCCO3)c2ccccc2S1. The Morgan fingerprint density at radius 1 is 1.07 bits per heavy atom. The Labute approximate surface area is 182 Å². The molecule has 0 radical (unpaired) electrons. The van der Waals surface area contributed by atoms with Crippen LogP contribution in [0.15, 0.2) is 47.4 Å². The zero-order chi connectivity index (χ0) is 20.5. The maximum atomic E-state index is 13.4. The summed E-state index contributed by atoms with van der Waals surface area (Å²) < 4.78 is 11.4. The van der Waals surface area contributed by atoms with Crippen molar-refractivity contribution in [3.63, 3.8) is 0 Å². The fourth-order valence-electron chi connectivity index (χ4n) is 4.67. The Kier molecular flexibility index (Phi) is 5.61. The van der Waals surface area contributed by atoms with Crippen molar-refractivity contribution >= 4 is 23.4 Å². The number of para-hydroxylation sites is 1. The minimum Gasteiger partial charge on any atom is -0.486 e. The van der Waals surface area contributed by atoms with Gasteiger partial charge in [-0.25, -0.2) is 0 Å². The molecule has 0 spiro atoms. The van der Waals surface area contributed by atoms with Gasteiger partial charge in [-0.15, -0.1) is 11.8 Å². The Morgan fingerprint density at radius 2 is 1.90 bits per heavy atom. The van der Waals surface area contributed by atoms with Crippen molar-refractivity contribution in [1.82, 2.24) is 4.90 Å². The summed E-state index contributed by atoms with van der Waals surface area (Å²) in [6.45, 7) is 5.62. The van der Waals surface area contributed by atoms with Crippen LogP contribution in [0.25, 0.3) is 0 Å². The van der Waals surface area contributed by atoms with Gasteiger partial charge < -0.3 is 14.4 Å². The van der Waals surface area contributed by atoms with Crippen LogP contribution in [0.3, 0.4) is 0 Å². The minimum atomic E-state index is 0.196. The van der Waals surface area contributed by atoms with Gasteiger partial charge in [0.05, 0.1) is 12.2 Å². The van der Waals surface area contributed by atoms with E-state index in [-0.39, 0.29) is 11.9 Å². The van der Waals surface area contributed by atoms with Crippen LogP contribution in [0.5, 0.6) is 11.5 Å². The van der Waals surface area contributed by atoms with E-state index in [1.165, 1.54) is 10.5 Å². The first-order valence-electron chi connectivity index (χ1n) is 10.9. The first kappa shape index (κ1) is 19.8. The molecule has 0 bridgehead atoms. The second-order valence-corrected chi connectivity index (χ2v) is 9.74. The lowest BCUT2D eigenvalue weighted by Gasteiger charge is -2.29. The second-order valence-electron chi connectivity index (χ2n) is 8.26. The molecule has 6 heteroatoms. The molecule has 5 nitrogen and oxygen atoms in total. The molecule has 0 N–H and O–H groups in total. The molecule has 2 unspecified atom stereocenters. The van der Waals surface area contributed by atoms with E-state index in [1.807, 2.05) is 28.8 Å². The molecule has 2 atom stereocenters. The van der Waals surface area contributed by atoms with E-state index in [0.717, 1.165) is 49.5 Å². The molecule has 2 aromatic rings. The van der Waals surface area contributed by atoms with Crippen LogP contribution < -0.4 is 14.4 Å². The highest BCUT2D eigenvalue weighted by Gasteiger charge is 2.31. The lowest BCUT2D eigenvalue weighted by Crippen LogP contribution is -2.41. The number of carbonyl (C=O) groups excluding carboxylic acids is 1. The average molecular weight is 425 g/mol. The number of carbonyl (C=O) groups is 1. The second kappa shape index (κ2) is 8.52. The molecule has 0 saturated carbocycles. The predicted octanol–water partition coefficient (Wildman–Crippen LogP) is 4.51. The van der Waals surface area contributed by atoms with Crippen LogP contribution >= 0.6 is 11.8 Å². The summed E-state index contributed by atoms with van der Waals surface area (Å²) in [6.07, 6.45) is 3.18. The van der Waals surface area contributed by atoms with Gasteiger partial charge in [-0.2, -0.15) is 0 Å². The zero-order valence-electron chi connectivity index (χ0n) is 17.4. The zero-order valence-corrected chi connectivity index (χ0v) is 18.2. The van der Waals surface area contributed by atoms with E-state index < -0.39 is 0 Å². The van der Waals surface area contributed by atoms with E-state index in [9.17, 15) is 4.79 Å². The van der Waals surface area contributed by atoms with Crippen molar-refractivity contribution in [2.45, 2.75) is 42.4 Å². The van der Waals surface area contributed by atoms with Crippen molar-refractivity contribution in [3.05, 3.63) is 48.0 Å². The number of hydrogen-bond acceptors (Lipinski definition) is 5. The Morgan fingerprint density at radius 3 is 2.80 bits per heavy atom. The van der Waals surface area contributed by atoms with Crippen LogP contribution in [-0.4, -0.2) is 48.9 Å². The highest BCUT2D eigenvalue weighted by Crippen LogP contribution is 2.40. The first-order valence-corrected chi connectivity index (χ1v) is 11.8. The maximum absolute atomic E-state index is 13.4. The molecule has 3 aliphatic rings. The van der Waals surface area contributed by atoms with E-state index in [0.29, 0.717) is 25.0 Å². The third-order valence-electron chi connectivity index (χ3n) is 6.20. The van der Waals surface area contributed by atoms with E-state index in [2.05, 4.69) is 42.2 Å². The number of ether oxygens (including phenoxy) is 2. The van der Waals surface area contributed by atoms with Crippen molar-refractivity contribution in [2.24, 2.45) is 0 Å². The number of benzene rings is 2. The molecule has 2 aromatic carbocycles. The van der Waals surface area contributed by atoms with Gasteiger partial charge in [0.2, 0.25) is 5.91 Å². The van der Waals surface area contributed by atoms with Crippen LogP contribution in [0, 0.1) is 0 Å². The van der Waals surface area contributed by atoms with Gasteiger partial charge in [-0.1, -0.05) is 25.1 Å². The molecule has 5 rings (SSSR count). The quantitative estimate of drug-likeness (QED) is 0.725. The van der Waals surface area contributed by atoms with Gasteiger partial charge in [0.1, 0.15) is 13.2 Å². The van der Waals surface area contributed by atoms with Gasteiger partial charge >= 0.3 is 0 Å². The van der Waals surface area contributed by atoms with Crippen molar-refractivity contribution in [2.75, 3.05) is 37.7 Å². The Bertz CT molecular complexity index is 934. The van der Waals surface area contributed by atoms with Gasteiger partial charge in [0.25, 0.3) is 0 Å². The first-order chi connectivity index (χ1) is 14.7. The van der Waals surface area contributed by atoms with Crippen molar-refractivity contribution in [1.29, 1.82) is 0 Å². The van der Waals surface area contributed by atoms with Gasteiger partial charge in [0.15, 0.2) is 11.5 Å². The monoisotopic (exact) mass is 424 g/mol. The van der Waals surface area contributed by atoms with Gasteiger partial charge in [-0.05, 0) is 55.6 Å². The Balaban J connectivity index is 1.34. The number of fused-ring (bicyclic) bond motifs is 2. The maximum Gasteiger partial charge on any atom is 0.241 e. The number of hydrogen-bond donors (Lipinski definition) is 0. The lowest BCUT2D eigenvalue weighted by atomic mass is 10.0. The number of amides is 1. The van der Waals surface area contributed by atoms with Crippen LogP contribution in [0.1, 0.15) is 37.8 Å². The lowest BCUT2D eigenvalue weighted by molar-refractivity contribution is -0.120.